The number of nitrogens with one attached hydrogen (secondary N) is 2. The summed E-state index contributed by atoms with van der Waals surface area (Å²) in [7, 11) is 0. The van der Waals surface area contributed by atoms with Gasteiger partial charge in [0, 0.05) is 19.3 Å². The maximum absolute atomic E-state index is 12.6. The fourth-order valence-corrected chi connectivity index (χ4v) is 2.23. The Kier molecular flexibility index (Phi) is 4.68. The van der Waals surface area contributed by atoms with Crippen LogP contribution < -0.4 is 22.3 Å². The number of anilines is 2. The quantitative estimate of drug-likeness (QED) is 0.727. The zero-order valence-corrected chi connectivity index (χ0v) is 13.3. The molecule has 1 amide bonds. The fraction of sp³-hybridized carbons (Fsp3) is 0.429. The Labute approximate surface area is 132 Å². The lowest BCUT2D eigenvalue weighted by molar-refractivity contribution is 0.102. The van der Waals surface area contributed by atoms with Gasteiger partial charge in [0.25, 0.3) is 11.5 Å². The van der Waals surface area contributed by atoms with Gasteiger partial charge < -0.3 is 11.1 Å². The Hall–Kier alpha value is -2.84. The van der Waals surface area contributed by atoms with Crippen molar-refractivity contribution in [1.29, 1.82) is 0 Å². The van der Waals surface area contributed by atoms with Crippen LogP contribution in [-0.4, -0.2) is 25.2 Å². The highest BCUT2D eigenvalue weighted by Crippen LogP contribution is 2.12. The molecule has 4 N–H and O–H groups in total. The van der Waals surface area contributed by atoms with Gasteiger partial charge in [-0.1, -0.05) is 13.8 Å². The van der Waals surface area contributed by atoms with Gasteiger partial charge in [0.2, 0.25) is 0 Å². The zero-order valence-electron chi connectivity index (χ0n) is 13.3. The lowest BCUT2D eigenvalue weighted by atomic mass is 10.2. The predicted octanol–water partition coefficient (Wildman–Crippen LogP) is 0.244. The predicted molar refractivity (Wildman–Crippen MR) is 86.4 cm³/mol. The Morgan fingerprint density at radius 3 is 2.61 bits per heavy atom. The molecule has 0 bridgehead atoms. The van der Waals surface area contributed by atoms with Gasteiger partial charge in [0.15, 0.2) is 0 Å². The third kappa shape index (κ3) is 3.17. The zero-order chi connectivity index (χ0) is 17.1. The van der Waals surface area contributed by atoms with Crippen molar-refractivity contribution in [3.8, 4) is 0 Å². The molecule has 23 heavy (non-hydrogen) atoms. The molecule has 0 radical (unpaired) electrons. The third-order valence-corrected chi connectivity index (χ3v) is 3.33. The van der Waals surface area contributed by atoms with Crippen LogP contribution in [0, 0.1) is 5.92 Å². The summed E-state index contributed by atoms with van der Waals surface area (Å²) in [6.07, 6.45) is 2.72. The van der Waals surface area contributed by atoms with Gasteiger partial charge in [-0.15, -0.1) is 0 Å². The monoisotopic (exact) mass is 320 g/mol. The molecule has 0 saturated carbocycles. The van der Waals surface area contributed by atoms with E-state index in [2.05, 4.69) is 15.5 Å². The second-order valence-electron chi connectivity index (χ2n) is 5.54. The van der Waals surface area contributed by atoms with Crippen LogP contribution in [0.15, 0.2) is 22.0 Å². The molecule has 0 aliphatic carbocycles. The number of hydrogen-bond donors (Lipinski definition) is 3. The average Bonchev–Trinajstić information content (AvgIpc) is 3.02. The van der Waals surface area contributed by atoms with Gasteiger partial charge in [0.1, 0.15) is 11.5 Å². The topological polar surface area (TPSA) is 128 Å². The molecule has 0 saturated heterocycles. The van der Waals surface area contributed by atoms with E-state index in [0.717, 1.165) is 4.57 Å². The van der Waals surface area contributed by atoms with E-state index in [4.69, 9.17) is 5.73 Å². The van der Waals surface area contributed by atoms with Crippen molar-refractivity contribution < 1.29 is 4.79 Å². The molecule has 0 aliphatic heterocycles. The van der Waals surface area contributed by atoms with Crippen LogP contribution in [0.25, 0.3) is 0 Å². The molecule has 2 heterocycles. The number of carbonyl (C=O) groups excluding carboxylic acids is 1. The van der Waals surface area contributed by atoms with Gasteiger partial charge >= 0.3 is 5.69 Å². The van der Waals surface area contributed by atoms with Gasteiger partial charge in [-0.25, -0.2) is 4.79 Å². The van der Waals surface area contributed by atoms with Crippen molar-refractivity contribution in [1.82, 2.24) is 19.3 Å². The summed E-state index contributed by atoms with van der Waals surface area (Å²) >= 11 is 0. The fourth-order valence-electron chi connectivity index (χ4n) is 2.23. The summed E-state index contributed by atoms with van der Waals surface area (Å²) in [6, 6.07) is 0. The maximum Gasteiger partial charge on any atom is 0.332 e. The van der Waals surface area contributed by atoms with Crippen LogP contribution in [0.4, 0.5) is 11.5 Å². The Bertz CT molecular complexity index is 816. The number of H-pyrrole nitrogens is 1. The van der Waals surface area contributed by atoms with Gasteiger partial charge in [0.05, 0.1) is 11.8 Å². The second-order valence-corrected chi connectivity index (χ2v) is 5.54. The Morgan fingerprint density at radius 1 is 1.39 bits per heavy atom. The van der Waals surface area contributed by atoms with E-state index < -0.39 is 17.2 Å². The molecule has 0 aliphatic rings. The molecule has 0 aromatic carbocycles. The first-order valence-electron chi connectivity index (χ1n) is 7.30. The number of carbonyl (C=O) groups is 1. The van der Waals surface area contributed by atoms with Crippen molar-refractivity contribution in [3.63, 3.8) is 0 Å². The summed E-state index contributed by atoms with van der Waals surface area (Å²) in [4.78, 5) is 37.0. The Balaban J connectivity index is 2.56. The summed E-state index contributed by atoms with van der Waals surface area (Å²) < 4.78 is 2.35. The van der Waals surface area contributed by atoms with Crippen LogP contribution in [0.5, 0.6) is 0 Å². The molecule has 2 rings (SSSR count). The van der Waals surface area contributed by atoms with E-state index >= 15 is 0 Å². The van der Waals surface area contributed by atoms with Crippen molar-refractivity contribution >= 4 is 17.4 Å². The molecule has 0 fully saturated rings. The third-order valence-electron chi connectivity index (χ3n) is 3.33. The molecule has 9 nitrogen and oxygen atoms in total. The number of amides is 1. The van der Waals surface area contributed by atoms with E-state index in [1.54, 1.807) is 6.92 Å². The first kappa shape index (κ1) is 16.5. The largest absolute Gasteiger partial charge is 0.383 e. The molecular weight excluding hydrogens is 300 g/mol. The number of hydrogen-bond acceptors (Lipinski definition) is 5. The highest BCUT2D eigenvalue weighted by molar-refractivity contribution is 6.05. The molecule has 124 valence electrons. The average molecular weight is 320 g/mol. The van der Waals surface area contributed by atoms with E-state index in [1.807, 2.05) is 13.8 Å². The summed E-state index contributed by atoms with van der Waals surface area (Å²) in [6.45, 7) is 6.05. The second kappa shape index (κ2) is 6.51. The van der Waals surface area contributed by atoms with E-state index in [1.165, 1.54) is 17.0 Å². The van der Waals surface area contributed by atoms with E-state index in [-0.39, 0.29) is 36.1 Å². The van der Waals surface area contributed by atoms with Crippen molar-refractivity contribution in [3.05, 3.63) is 38.8 Å². The summed E-state index contributed by atoms with van der Waals surface area (Å²) in [5, 5.41) is 8.67. The number of nitrogens with two attached hydrogens (primary N) is 1. The van der Waals surface area contributed by atoms with Crippen LogP contribution in [0.3, 0.4) is 0 Å². The van der Waals surface area contributed by atoms with Crippen LogP contribution in [0.2, 0.25) is 0 Å². The molecule has 2 aromatic rings. The minimum absolute atomic E-state index is 0.0562. The number of rotatable bonds is 5. The van der Waals surface area contributed by atoms with Crippen molar-refractivity contribution in [2.24, 2.45) is 5.92 Å². The normalized spacial score (nSPS) is 11.0. The first-order chi connectivity index (χ1) is 10.9. The Morgan fingerprint density at radius 2 is 2.09 bits per heavy atom. The maximum atomic E-state index is 12.6. The lowest BCUT2D eigenvalue weighted by Crippen LogP contribution is -2.43. The molecule has 9 heteroatoms. The molecular formula is C14H20N6O3. The molecule has 0 unspecified atom stereocenters. The van der Waals surface area contributed by atoms with Crippen molar-refractivity contribution in [2.75, 3.05) is 11.1 Å². The minimum atomic E-state index is -0.609. The number of aromatic amines is 1. The standard InChI is InChI=1S/C14H20N6O3/c1-4-19-11(15)10(18-12(21)9-5-16-17-6-9)13(22)20(14(19)23)7-8(2)3/h5-6,8H,4,7,15H2,1-3H3,(H,16,17)(H,18,21). The van der Waals surface area contributed by atoms with E-state index in [0.29, 0.717) is 0 Å². The van der Waals surface area contributed by atoms with Crippen LogP contribution in [-0.2, 0) is 13.1 Å². The molecule has 0 spiro atoms. The van der Waals surface area contributed by atoms with Crippen LogP contribution in [0.1, 0.15) is 31.1 Å². The molecule has 0 atom stereocenters. The van der Waals surface area contributed by atoms with Gasteiger partial charge in [-0.3, -0.25) is 23.8 Å². The van der Waals surface area contributed by atoms with E-state index in [9.17, 15) is 14.4 Å². The minimum Gasteiger partial charge on any atom is -0.383 e. The summed E-state index contributed by atoms with van der Waals surface area (Å²) in [5.41, 5.74) is 4.98. The highest BCUT2D eigenvalue weighted by atomic mass is 16.2. The molecule has 2 aromatic heterocycles. The lowest BCUT2D eigenvalue weighted by Gasteiger charge is -2.16. The SMILES string of the molecule is CCn1c(N)c(NC(=O)c2cn[nH]c2)c(=O)n(CC(C)C)c1=O. The van der Waals surface area contributed by atoms with Crippen molar-refractivity contribution in [2.45, 2.75) is 33.9 Å². The number of nitrogen functional groups attached to an aromatic ring is 1. The smallest absolute Gasteiger partial charge is 0.332 e. The van der Waals surface area contributed by atoms with Gasteiger partial charge in [-0.05, 0) is 12.8 Å². The number of aromatic nitrogens is 4. The highest BCUT2D eigenvalue weighted by Gasteiger charge is 2.19. The summed E-state index contributed by atoms with van der Waals surface area (Å²) in [5.74, 6) is -0.494. The number of nitrogens with zero attached hydrogens (tertiary/aromatic N) is 3. The first-order valence-corrected chi connectivity index (χ1v) is 7.30. The van der Waals surface area contributed by atoms with Gasteiger partial charge in [-0.2, -0.15) is 5.10 Å². The van der Waals surface area contributed by atoms with Crippen LogP contribution >= 0.6 is 0 Å².